The fourth-order valence-corrected chi connectivity index (χ4v) is 3.05. The van der Waals surface area contributed by atoms with Crippen LogP contribution < -0.4 is 5.32 Å². The number of carbonyl (C=O) groups is 2. The molecule has 0 aromatic carbocycles. The van der Waals surface area contributed by atoms with Gasteiger partial charge in [-0.2, -0.15) is 11.8 Å². The van der Waals surface area contributed by atoms with Crippen molar-refractivity contribution in [3.8, 4) is 0 Å². The molecule has 5 heteroatoms. The summed E-state index contributed by atoms with van der Waals surface area (Å²) in [6.07, 6.45) is 10.1. The van der Waals surface area contributed by atoms with E-state index in [2.05, 4.69) is 5.32 Å². The number of thioether (sulfide) groups is 1. The van der Waals surface area contributed by atoms with E-state index in [1.165, 1.54) is 25.7 Å². The Morgan fingerprint density at radius 3 is 2.42 bits per heavy atom. The number of carbonyl (C=O) groups excluding carboxylic acids is 1. The van der Waals surface area contributed by atoms with Gasteiger partial charge in [0.1, 0.15) is 6.04 Å². The summed E-state index contributed by atoms with van der Waals surface area (Å²) in [7, 11) is 0. The van der Waals surface area contributed by atoms with E-state index in [9.17, 15) is 9.59 Å². The van der Waals surface area contributed by atoms with Gasteiger partial charge < -0.3 is 10.4 Å². The van der Waals surface area contributed by atoms with Gasteiger partial charge in [0.2, 0.25) is 5.91 Å². The molecule has 1 saturated carbocycles. The van der Waals surface area contributed by atoms with E-state index in [0.29, 0.717) is 18.8 Å². The van der Waals surface area contributed by atoms with Gasteiger partial charge in [-0.1, -0.05) is 25.7 Å². The molecular weight excluding hydrogens is 262 g/mol. The number of amides is 1. The van der Waals surface area contributed by atoms with Crippen LogP contribution >= 0.6 is 11.8 Å². The largest absolute Gasteiger partial charge is 0.480 e. The fourth-order valence-electron chi connectivity index (χ4n) is 2.58. The molecule has 4 nitrogen and oxygen atoms in total. The highest BCUT2D eigenvalue weighted by atomic mass is 32.2. The van der Waals surface area contributed by atoms with E-state index in [4.69, 9.17) is 5.11 Å². The molecule has 0 unspecified atom stereocenters. The molecule has 0 aromatic heterocycles. The van der Waals surface area contributed by atoms with Crippen LogP contribution in [0.1, 0.15) is 51.4 Å². The first-order valence-electron chi connectivity index (χ1n) is 7.14. The Bertz CT molecular complexity index is 288. The summed E-state index contributed by atoms with van der Waals surface area (Å²) < 4.78 is 0. The molecule has 19 heavy (non-hydrogen) atoms. The predicted molar refractivity (Wildman–Crippen MR) is 78.4 cm³/mol. The van der Waals surface area contributed by atoms with E-state index < -0.39 is 12.0 Å². The minimum Gasteiger partial charge on any atom is -0.480 e. The van der Waals surface area contributed by atoms with Crippen LogP contribution in [0, 0.1) is 5.92 Å². The smallest absolute Gasteiger partial charge is 0.326 e. The quantitative estimate of drug-likeness (QED) is 0.707. The molecule has 2 N–H and O–H groups in total. The molecule has 0 heterocycles. The van der Waals surface area contributed by atoms with Gasteiger partial charge in [0.05, 0.1) is 0 Å². The van der Waals surface area contributed by atoms with Crippen LogP contribution in [0.4, 0.5) is 0 Å². The van der Waals surface area contributed by atoms with Gasteiger partial charge in [-0.25, -0.2) is 4.79 Å². The van der Waals surface area contributed by atoms with E-state index in [-0.39, 0.29) is 5.91 Å². The second kappa shape index (κ2) is 9.23. The minimum absolute atomic E-state index is 0.0968. The van der Waals surface area contributed by atoms with Crippen LogP contribution in [0.15, 0.2) is 0 Å². The molecule has 0 saturated heterocycles. The third kappa shape index (κ3) is 6.85. The average molecular weight is 287 g/mol. The van der Waals surface area contributed by atoms with E-state index in [1.54, 1.807) is 11.8 Å². The Morgan fingerprint density at radius 1 is 1.26 bits per heavy atom. The summed E-state index contributed by atoms with van der Waals surface area (Å²) in [5, 5.41) is 11.7. The normalized spacial score (nSPS) is 18.6. The Kier molecular flexibility index (Phi) is 7.94. The van der Waals surface area contributed by atoms with Crippen LogP contribution in [0.5, 0.6) is 0 Å². The Hall–Kier alpha value is -0.710. The lowest BCUT2D eigenvalue weighted by atomic mass is 9.96. The predicted octanol–water partition coefficient (Wildman–Crippen LogP) is 2.67. The molecule has 0 aliphatic heterocycles. The molecule has 0 radical (unpaired) electrons. The lowest BCUT2D eigenvalue weighted by Gasteiger charge is -2.17. The summed E-state index contributed by atoms with van der Waals surface area (Å²) in [5.41, 5.74) is 0. The van der Waals surface area contributed by atoms with E-state index in [1.807, 2.05) is 6.26 Å². The van der Waals surface area contributed by atoms with Crippen molar-refractivity contribution in [2.24, 2.45) is 5.92 Å². The first-order chi connectivity index (χ1) is 9.13. The molecule has 0 spiro atoms. The molecule has 1 aliphatic rings. The van der Waals surface area contributed by atoms with Gasteiger partial charge in [0.15, 0.2) is 0 Å². The lowest BCUT2D eigenvalue weighted by Crippen LogP contribution is -2.41. The highest BCUT2D eigenvalue weighted by Crippen LogP contribution is 2.25. The number of nitrogens with one attached hydrogen (secondary N) is 1. The number of hydrogen-bond acceptors (Lipinski definition) is 3. The maximum absolute atomic E-state index is 11.9. The van der Waals surface area contributed by atoms with Crippen LogP contribution in [0.3, 0.4) is 0 Å². The van der Waals surface area contributed by atoms with Crippen molar-refractivity contribution in [2.45, 2.75) is 57.4 Å². The first kappa shape index (κ1) is 16.3. The monoisotopic (exact) mass is 287 g/mol. The fraction of sp³-hybridized carbons (Fsp3) is 0.857. The topological polar surface area (TPSA) is 66.4 Å². The van der Waals surface area contributed by atoms with Gasteiger partial charge in [0, 0.05) is 6.42 Å². The summed E-state index contributed by atoms with van der Waals surface area (Å²) >= 11 is 1.60. The van der Waals surface area contributed by atoms with Crippen LogP contribution in [0.25, 0.3) is 0 Å². The molecule has 1 rings (SSSR count). The number of carboxylic acid groups (broad SMARTS) is 1. The van der Waals surface area contributed by atoms with Gasteiger partial charge in [-0.3, -0.25) is 4.79 Å². The molecule has 1 amide bonds. The van der Waals surface area contributed by atoms with Gasteiger partial charge in [0.25, 0.3) is 0 Å². The molecular formula is C14H25NO3S. The third-order valence-corrected chi connectivity index (χ3v) is 4.34. The molecule has 0 aromatic rings. The third-order valence-electron chi connectivity index (χ3n) is 3.69. The van der Waals surface area contributed by atoms with Crippen molar-refractivity contribution in [2.75, 3.05) is 12.0 Å². The van der Waals surface area contributed by atoms with E-state index in [0.717, 1.165) is 18.6 Å². The molecule has 1 aliphatic carbocycles. The molecule has 110 valence electrons. The number of aliphatic carboxylic acids is 1. The van der Waals surface area contributed by atoms with Crippen molar-refractivity contribution in [3.63, 3.8) is 0 Å². The number of rotatable bonds is 7. The van der Waals surface area contributed by atoms with Gasteiger partial charge in [-0.05, 0) is 37.2 Å². The molecule has 1 fully saturated rings. The number of hydrogen-bond donors (Lipinski definition) is 2. The van der Waals surface area contributed by atoms with Crippen molar-refractivity contribution in [1.82, 2.24) is 5.32 Å². The Labute approximate surface area is 119 Å². The maximum atomic E-state index is 11.9. The molecule has 1 atom stereocenters. The Morgan fingerprint density at radius 2 is 1.89 bits per heavy atom. The zero-order chi connectivity index (χ0) is 14.1. The van der Waals surface area contributed by atoms with Gasteiger partial charge >= 0.3 is 5.97 Å². The number of carboxylic acids is 1. The summed E-state index contributed by atoms with van der Waals surface area (Å²) in [6.45, 7) is 0. The standard InChI is InChI=1S/C14H25NO3S/c1-19-9-8-12(14(17)18)15-13(16)10-11-6-4-2-3-5-7-11/h11-12H,2-10H2,1H3,(H,15,16)(H,17,18)/t12-/m1/s1. The maximum Gasteiger partial charge on any atom is 0.326 e. The highest BCUT2D eigenvalue weighted by molar-refractivity contribution is 7.98. The zero-order valence-electron chi connectivity index (χ0n) is 11.7. The first-order valence-corrected chi connectivity index (χ1v) is 8.54. The zero-order valence-corrected chi connectivity index (χ0v) is 12.5. The average Bonchev–Trinajstić information content (AvgIpc) is 2.62. The van der Waals surface area contributed by atoms with Crippen LogP contribution in [-0.4, -0.2) is 35.0 Å². The van der Waals surface area contributed by atoms with Crippen molar-refractivity contribution in [3.05, 3.63) is 0 Å². The summed E-state index contributed by atoms with van der Waals surface area (Å²) in [5.74, 6) is 0.168. The second-order valence-electron chi connectivity index (χ2n) is 5.30. The minimum atomic E-state index is -0.928. The highest BCUT2D eigenvalue weighted by Gasteiger charge is 2.22. The summed E-state index contributed by atoms with van der Waals surface area (Å²) in [6, 6.07) is -0.731. The molecule has 0 bridgehead atoms. The second-order valence-corrected chi connectivity index (χ2v) is 6.29. The van der Waals surface area contributed by atoms with Crippen molar-refractivity contribution >= 4 is 23.6 Å². The van der Waals surface area contributed by atoms with Gasteiger partial charge in [-0.15, -0.1) is 0 Å². The van der Waals surface area contributed by atoms with Crippen molar-refractivity contribution in [1.29, 1.82) is 0 Å². The SMILES string of the molecule is CSCC[C@@H](NC(=O)CC1CCCCCC1)C(=O)O. The van der Waals surface area contributed by atoms with Crippen molar-refractivity contribution < 1.29 is 14.7 Å². The Balaban J connectivity index is 2.36. The lowest BCUT2D eigenvalue weighted by molar-refractivity contribution is -0.142. The van der Waals surface area contributed by atoms with Crippen LogP contribution in [-0.2, 0) is 9.59 Å². The van der Waals surface area contributed by atoms with E-state index >= 15 is 0 Å². The summed E-state index contributed by atoms with van der Waals surface area (Å²) in [4.78, 5) is 23.0. The van der Waals surface area contributed by atoms with Crippen LogP contribution in [0.2, 0.25) is 0 Å².